The first kappa shape index (κ1) is 17.8. The van der Waals surface area contributed by atoms with Crippen LogP contribution >= 0.6 is 0 Å². The number of nitrogens with two attached hydrogens (primary N) is 1. The van der Waals surface area contributed by atoms with Crippen LogP contribution < -0.4 is 20.5 Å². The Morgan fingerprint density at radius 1 is 1.12 bits per heavy atom. The van der Waals surface area contributed by atoms with Crippen LogP contribution in [-0.4, -0.2) is 25.7 Å². The van der Waals surface area contributed by atoms with Crippen molar-refractivity contribution in [3.63, 3.8) is 0 Å². The molecule has 0 aromatic heterocycles. The van der Waals surface area contributed by atoms with Crippen LogP contribution in [0.1, 0.15) is 19.4 Å². The Morgan fingerprint density at radius 3 is 2.33 bits per heavy atom. The third-order valence-corrected chi connectivity index (χ3v) is 3.79. The topological polar surface area (TPSA) is 73.6 Å². The summed E-state index contributed by atoms with van der Waals surface area (Å²) in [5, 5.41) is 2.85. The summed E-state index contributed by atoms with van der Waals surface area (Å²) in [5.74, 6) is 1.05. The summed E-state index contributed by atoms with van der Waals surface area (Å²) in [6.07, 6.45) is -0.225. The molecule has 2 aromatic rings. The highest BCUT2D eigenvalue weighted by molar-refractivity contribution is 5.87. The Hall–Kier alpha value is -2.53. The Balaban J connectivity index is 1.94. The number of rotatable bonds is 7. The van der Waals surface area contributed by atoms with E-state index in [1.807, 2.05) is 61.5 Å². The van der Waals surface area contributed by atoms with Gasteiger partial charge < -0.3 is 20.5 Å². The number of methoxy groups -OCH3 is 1. The molecule has 0 aliphatic rings. The molecule has 2 rings (SSSR count). The molecular formula is C19H24N2O3. The van der Waals surface area contributed by atoms with Gasteiger partial charge in [-0.1, -0.05) is 42.5 Å². The maximum atomic E-state index is 12.4. The number of nitrogens with one attached hydrogen (secondary N) is 1. The summed E-state index contributed by atoms with van der Waals surface area (Å²) in [6.45, 7) is 3.92. The van der Waals surface area contributed by atoms with Crippen LogP contribution in [0.3, 0.4) is 0 Å². The Labute approximate surface area is 142 Å². The Bertz CT molecular complexity index is 671. The first-order chi connectivity index (χ1) is 11.4. The zero-order valence-corrected chi connectivity index (χ0v) is 14.3. The zero-order valence-electron chi connectivity index (χ0n) is 14.3. The quantitative estimate of drug-likeness (QED) is 0.819. The summed E-state index contributed by atoms with van der Waals surface area (Å²) in [5.41, 5.74) is 5.87. The van der Waals surface area contributed by atoms with Gasteiger partial charge in [0.05, 0.1) is 13.7 Å². The van der Waals surface area contributed by atoms with Crippen molar-refractivity contribution in [1.29, 1.82) is 0 Å². The molecule has 0 fully saturated rings. The van der Waals surface area contributed by atoms with Crippen molar-refractivity contribution in [3.8, 4) is 11.5 Å². The van der Waals surface area contributed by atoms with Gasteiger partial charge in [0.2, 0.25) is 5.91 Å². The molecule has 2 aromatic carbocycles. The molecule has 24 heavy (non-hydrogen) atoms. The van der Waals surface area contributed by atoms with Gasteiger partial charge in [-0.2, -0.15) is 0 Å². The summed E-state index contributed by atoms with van der Waals surface area (Å²) in [6, 6.07) is 16.7. The van der Waals surface area contributed by atoms with E-state index in [0.717, 1.165) is 5.56 Å². The molecule has 0 aliphatic carbocycles. The van der Waals surface area contributed by atoms with Crippen molar-refractivity contribution in [3.05, 3.63) is 60.2 Å². The molecule has 0 aliphatic heterocycles. The normalized spacial score (nSPS) is 14.3. The lowest BCUT2D eigenvalue weighted by molar-refractivity contribution is -0.126. The van der Waals surface area contributed by atoms with E-state index in [-0.39, 0.29) is 12.0 Å². The largest absolute Gasteiger partial charge is 0.493 e. The second-order valence-corrected chi connectivity index (χ2v) is 5.86. The zero-order chi connectivity index (χ0) is 17.6. The minimum Gasteiger partial charge on any atom is -0.493 e. The number of hydrogen-bond donors (Lipinski definition) is 2. The van der Waals surface area contributed by atoms with Crippen LogP contribution in [0.15, 0.2) is 54.6 Å². The van der Waals surface area contributed by atoms with Crippen LogP contribution in [-0.2, 0) is 10.3 Å². The molecule has 5 heteroatoms. The average molecular weight is 328 g/mol. The van der Waals surface area contributed by atoms with E-state index < -0.39 is 5.54 Å². The Morgan fingerprint density at radius 2 is 1.71 bits per heavy atom. The number of ether oxygens (including phenoxy) is 2. The van der Waals surface area contributed by atoms with Gasteiger partial charge in [0.1, 0.15) is 11.6 Å². The fourth-order valence-corrected chi connectivity index (χ4v) is 2.31. The number of para-hydroxylation sites is 2. The summed E-state index contributed by atoms with van der Waals surface area (Å²) >= 11 is 0. The first-order valence-electron chi connectivity index (χ1n) is 7.87. The van der Waals surface area contributed by atoms with Crippen molar-refractivity contribution < 1.29 is 14.3 Å². The van der Waals surface area contributed by atoms with Gasteiger partial charge in [-0.25, -0.2) is 0 Å². The van der Waals surface area contributed by atoms with Crippen molar-refractivity contribution in [2.75, 3.05) is 13.7 Å². The van der Waals surface area contributed by atoms with E-state index in [2.05, 4.69) is 5.32 Å². The number of carbonyl (C=O) groups is 1. The van der Waals surface area contributed by atoms with Crippen LogP contribution in [0.25, 0.3) is 0 Å². The van der Waals surface area contributed by atoms with Gasteiger partial charge in [-0.3, -0.25) is 4.79 Å². The molecule has 128 valence electrons. The standard InChI is InChI=1S/C19H24N2O3/c1-14(24-17-12-8-7-11-16(17)23-3)13-21-18(22)19(2,20)15-9-5-4-6-10-15/h4-12,14H,13,20H2,1-3H3,(H,21,22). The minimum absolute atomic E-state index is 0.225. The van der Waals surface area contributed by atoms with Gasteiger partial charge in [0.15, 0.2) is 11.5 Å². The molecule has 0 saturated heterocycles. The van der Waals surface area contributed by atoms with Crippen molar-refractivity contribution >= 4 is 5.91 Å². The number of hydrogen-bond acceptors (Lipinski definition) is 4. The molecule has 2 unspecified atom stereocenters. The third kappa shape index (κ3) is 4.26. The highest BCUT2D eigenvalue weighted by atomic mass is 16.5. The van der Waals surface area contributed by atoms with E-state index in [0.29, 0.717) is 18.0 Å². The van der Waals surface area contributed by atoms with Gasteiger partial charge in [-0.05, 0) is 31.5 Å². The molecule has 5 nitrogen and oxygen atoms in total. The van der Waals surface area contributed by atoms with E-state index >= 15 is 0 Å². The molecule has 0 heterocycles. The highest BCUT2D eigenvalue weighted by Crippen LogP contribution is 2.26. The van der Waals surface area contributed by atoms with Crippen LogP contribution in [0.2, 0.25) is 0 Å². The maximum absolute atomic E-state index is 12.4. The predicted octanol–water partition coefficient (Wildman–Crippen LogP) is 2.45. The number of amides is 1. The van der Waals surface area contributed by atoms with E-state index in [1.54, 1.807) is 14.0 Å². The van der Waals surface area contributed by atoms with Crippen LogP contribution in [0.5, 0.6) is 11.5 Å². The predicted molar refractivity (Wildman–Crippen MR) is 94.1 cm³/mol. The minimum atomic E-state index is -1.09. The van der Waals surface area contributed by atoms with Gasteiger partial charge in [0.25, 0.3) is 0 Å². The summed E-state index contributed by atoms with van der Waals surface area (Å²) < 4.78 is 11.1. The smallest absolute Gasteiger partial charge is 0.244 e. The monoisotopic (exact) mass is 328 g/mol. The van der Waals surface area contributed by atoms with E-state index in [1.165, 1.54) is 0 Å². The van der Waals surface area contributed by atoms with Gasteiger partial charge >= 0.3 is 0 Å². The maximum Gasteiger partial charge on any atom is 0.244 e. The summed E-state index contributed by atoms with van der Waals surface area (Å²) in [7, 11) is 1.59. The van der Waals surface area contributed by atoms with E-state index in [4.69, 9.17) is 15.2 Å². The summed E-state index contributed by atoms with van der Waals surface area (Å²) in [4.78, 5) is 12.4. The molecule has 3 N–H and O–H groups in total. The molecule has 0 radical (unpaired) electrons. The molecule has 0 saturated carbocycles. The lowest BCUT2D eigenvalue weighted by atomic mass is 9.92. The second kappa shape index (κ2) is 7.84. The van der Waals surface area contributed by atoms with Gasteiger partial charge in [-0.15, -0.1) is 0 Å². The lowest BCUT2D eigenvalue weighted by Gasteiger charge is -2.25. The van der Waals surface area contributed by atoms with Crippen molar-refractivity contribution in [2.24, 2.45) is 5.73 Å². The molecule has 1 amide bonds. The number of benzene rings is 2. The molecular weight excluding hydrogens is 304 g/mol. The fraction of sp³-hybridized carbons (Fsp3) is 0.316. The highest BCUT2D eigenvalue weighted by Gasteiger charge is 2.30. The van der Waals surface area contributed by atoms with Crippen molar-refractivity contribution in [1.82, 2.24) is 5.32 Å². The van der Waals surface area contributed by atoms with Gasteiger partial charge in [0, 0.05) is 0 Å². The van der Waals surface area contributed by atoms with Crippen molar-refractivity contribution in [2.45, 2.75) is 25.5 Å². The molecule has 0 bridgehead atoms. The van der Waals surface area contributed by atoms with Crippen LogP contribution in [0.4, 0.5) is 0 Å². The average Bonchev–Trinajstić information content (AvgIpc) is 2.60. The SMILES string of the molecule is COc1ccccc1OC(C)CNC(=O)C(C)(N)c1ccccc1. The second-order valence-electron chi connectivity index (χ2n) is 5.86. The first-order valence-corrected chi connectivity index (χ1v) is 7.87. The lowest BCUT2D eigenvalue weighted by Crippen LogP contribution is -2.50. The Kier molecular flexibility index (Phi) is 5.82. The molecule has 2 atom stereocenters. The third-order valence-electron chi connectivity index (χ3n) is 3.79. The number of carbonyl (C=O) groups excluding carboxylic acids is 1. The fourth-order valence-electron chi connectivity index (χ4n) is 2.31. The molecule has 0 spiro atoms. The van der Waals surface area contributed by atoms with Crippen LogP contribution in [0, 0.1) is 0 Å². The van der Waals surface area contributed by atoms with E-state index in [9.17, 15) is 4.79 Å².